The topological polar surface area (TPSA) is 24.5 Å². The van der Waals surface area contributed by atoms with E-state index in [1.165, 1.54) is 12.0 Å². The zero-order chi connectivity index (χ0) is 14.6. The lowest BCUT2D eigenvalue weighted by molar-refractivity contribution is 0.163. The van der Waals surface area contributed by atoms with Crippen LogP contribution < -0.4 is 10.1 Å². The smallest absolute Gasteiger partial charge is 0.119 e. The standard InChI is InChI=1S/C17H28N2O/c1-5-17(3)13-19(14(2)9-10-18-17)12-15-7-6-8-16(11-15)20-4/h6-8,11,14,18H,5,9-10,12-13H2,1-4H3. The van der Waals surface area contributed by atoms with E-state index in [0.29, 0.717) is 6.04 Å². The third-order valence-corrected chi connectivity index (χ3v) is 4.59. The van der Waals surface area contributed by atoms with Crippen LogP contribution in [-0.4, -0.2) is 36.7 Å². The normalized spacial score (nSPS) is 28.1. The van der Waals surface area contributed by atoms with Gasteiger partial charge < -0.3 is 10.1 Å². The number of nitrogens with zero attached hydrogens (tertiary/aromatic N) is 1. The molecule has 112 valence electrons. The van der Waals surface area contributed by atoms with Crippen molar-refractivity contribution in [2.75, 3.05) is 20.2 Å². The van der Waals surface area contributed by atoms with Crippen LogP contribution in [0.5, 0.6) is 5.75 Å². The summed E-state index contributed by atoms with van der Waals surface area (Å²) in [5, 5.41) is 3.71. The van der Waals surface area contributed by atoms with Crippen LogP contribution in [0.25, 0.3) is 0 Å². The van der Waals surface area contributed by atoms with Gasteiger partial charge in [-0.05, 0) is 50.9 Å². The van der Waals surface area contributed by atoms with Crippen molar-refractivity contribution in [2.45, 2.75) is 51.7 Å². The number of benzene rings is 1. The van der Waals surface area contributed by atoms with Crippen molar-refractivity contribution in [3.05, 3.63) is 29.8 Å². The lowest BCUT2D eigenvalue weighted by atomic mass is 9.98. The monoisotopic (exact) mass is 276 g/mol. The van der Waals surface area contributed by atoms with Gasteiger partial charge in [0, 0.05) is 24.7 Å². The fraction of sp³-hybridized carbons (Fsp3) is 0.647. The molecule has 0 radical (unpaired) electrons. The number of ether oxygens (including phenoxy) is 1. The molecule has 2 rings (SSSR count). The fourth-order valence-electron chi connectivity index (χ4n) is 2.88. The van der Waals surface area contributed by atoms with Gasteiger partial charge in [0.15, 0.2) is 0 Å². The summed E-state index contributed by atoms with van der Waals surface area (Å²) < 4.78 is 5.33. The summed E-state index contributed by atoms with van der Waals surface area (Å²) in [5.41, 5.74) is 1.56. The molecule has 2 unspecified atom stereocenters. The number of rotatable bonds is 4. The Balaban J connectivity index is 2.12. The maximum atomic E-state index is 5.33. The van der Waals surface area contributed by atoms with Gasteiger partial charge in [-0.25, -0.2) is 0 Å². The first kappa shape index (κ1) is 15.3. The number of methoxy groups -OCH3 is 1. The minimum absolute atomic E-state index is 0.226. The van der Waals surface area contributed by atoms with Gasteiger partial charge in [0.1, 0.15) is 5.75 Å². The zero-order valence-corrected chi connectivity index (χ0v) is 13.3. The van der Waals surface area contributed by atoms with E-state index in [9.17, 15) is 0 Å². The molecule has 0 saturated carbocycles. The molecule has 1 N–H and O–H groups in total. The molecular weight excluding hydrogens is 248 g/mol. The molecule has 3 heteroatoms. The second-order valence-corrected chi connectivity index (χ2v) is 6.24. The molecule has 0 bridgehead atoms. The first-order valence-electron chi connectivity index (χ1n) is 7.68. The van der Waals surface area contributed by atoms with Gasteiger partial charge in [-0.1, -0.05) is 19.1 Å². The average molecular weight is 276 g/mol. The second kappa shape index (κ2) is 6.59. The van der Waals surface area contributed by atoms with Crippen molar-refractivity contribution in [1.29, 1.82) is 0 Å². The molecule has 1 aliphatic heterocycles. The highest BCUT2D eigenvalue weighted by molar-refractivity contribution is 5.28. The van der Waals surface area contributed by atoms with Crippen LogP contribution in [0.4, 0.5) is 0 Å². The molecule has 2 atom stereocenters. The highest BCUT2D eigenvalue weighted by Gasteiger charge is 2.30. The van der Waals surface area contributed by atoms with Gasteiger partial charge in [-0.15, -0.1) is 0 Å². The largest absolute Gasteiger partial charge is 0.497 e. The molecule has 1 heterocycles. The van der Waals surface area contributed by atoms with E-state index >= 15 is 0 Å². The van der Waals surface area contributed by atoms with Gasteiger partial charge >= 0.3 is 0 Å². The summed E-state index contributed by atoms with van der Waals surface area (Å²) in [4.78, 5) is 2.60. The third-order valence-electron chi connectivity index (χ3n) is 4.59. The number of hydrogen-bond acceptors (Lipinski definition) is 3. The maximum absolute atomic E-state index is 5.33. The molecule has 1 aliphatic rings. The summed E-state index contributed by atoms with van der Waals surface area (Å²) in [6.45, 7) is 10.2. The van der Waals surface area contributed by atoms with E-state index in [0.717, 1.165) is 31.8 Å². The Morgan fingerprint density at radius 2 is 2.25 bits per heavy atom. The minimum Gasteiger partial charge on any atom is -0.497 e. The highest BCUT2D eigenvalue weighted by atomic mass is 16.5. The van der Waals surface area contributed by atoms with Crippen LogP contribution in [0.15, 0.2) is 24.3 Å². The fourth-order valence-corrected chi connectivity index (χ4v) is 2.88. The Kier molecular flexibility index (Phi) is 5.06. The maximum Gasteiger partial charge on any atom is 0.119 e. The van der Waals surface area contributed by atoms with Gasteiger partial charge in [0.05, 0.1) is 7.11 Å². The van der Waals surface area contributed by atoms with Crippen molar-refractivity contribution < 1.29 is 4.74 Å². The van der Waals surface area contributed by atoms with Gasteiger partial charge in [0.2, 0.25) is 0 Å². The Labute approximate surface area is 123 Å². The SMILES string of the molecule is CCC1(C)CN(Cc2cccc(OC)c2)C(C)CCN1. The van der Waals surface area contributed by atoms with Gasteiger partial charge in [-0.2, -0.15) is 0 Å². The first-order valence-corrected chi connectivity index (χ1v) is 7.68. The molecule has 0 spiro atoms. The van der Waals surface area contributed by atoms with Gasteiger partial charge in [-0.3, -0.25) is 4.90 Å². The molecule has 1 fully saturated rings. The van der Waals surface area contributed by atoms with Crippen molar-refractivity contribution in [3.63, 3.8) is 0 Å². The van der Waals surface area contributed by atoms with Gasteiger partial charge in [0.25, 0.3) is 0 Å². The molecular formula is C17H28N2O. The molecule has 3 nitrogen and oxygen atoms in total. The van der Waals surface area contributed by atoms with Crippen LogP contribution in [0.2, 0.25) is 0 Å². The van der Waals surface area contributed by atoms with E-state index in [2.05, 4.69) is 49.2 Å². The Hall–Kier alpha value is -1.06. The highest BCUT2D eigenvalue weighted by Crippen LogP contribution is 2.22. The van der Waals surface area contributed by atoms with Crippen molar-refractivity contribution >= 4 is 0 Å². The zero-order valence-electron chi connectivity index (χ0n) is 13.3. The van der Waals surface area contributed by atoms with Crippen LogP contribution in [0.1, 0.15) is 39.2 Å². The lowest BCUT2D eigenvalue weighted by Gasteiger charge is -2.35. The van der Waals surface area contributed by atoms with Crippen LogP contribution in [-0.2, 0) is 6.54 Å². The van der Waals surface area contributed by atoms with Crippen molar-refractivity contribution in [1.82, 2.24) is 10.2 Å². The second-order valence-electron chi connectivity index (χ2n) is 6.24. The summed E-state index contributed by atoms with van der Waals surface area (Å²) in [6, 6.07) is 9.04. The molecule has 0 aromatic heterocycles. The van der Waals surface area contributed by atoms with Crippen molar-refractivity contribution in [2.24, 2.45) is 0 Å². The minimum atomic E-state index is 0.226. The molecule has 1 aromatic rings. The number of nitrogens with one attached hydrogen (secondary N) is 1. The van der Waals surface area contributed by atoms with Crippen LogP contribution in [0, 0.1) is 0 Å². The predicted molar refractivity (Wildman–Crippen MR) is 84.2 cm³/mol. The molecule has 1 saturated heterocycles. The van der Waals surface area contributed by atoms with Crippen molar-refractivity contribution in [3.8, 4) is 5.75 Å². The molecule has 0 amide bonds. The quantitative estimate of drug-likeness (QED) is 0.915. The Morgan fingerprint density at radius 1 is 1.45 bits per heavy atom. The third kappa shape index (κ3) is 3.74. The van der Waals surface area contributed by atoms with E-state index < -0.39 is 0 Å². The summed E-state index contributed by atoms with van der Waals surface area (Å²) >= 11 is 0. The number of hydrogen-bond donors (Lipinski definition) is 1. The van der Waals surface area contributed by atoms with Crippen LogP contribution in [0.3, 0.4) is 0 Å². The Bertz CT molecular complexity index is 435. The summed E-state index contributed by atoms with van der Waals surface area (Å²) in [6.07, 6.45) is 2.37. The van der Waals surface area contributed by atoms with E-state index in [1.54, 1.807) is 7.11 Å². The first-order chi connectivity index (χ1) is 9.56. The molecule has 20 heavy (non-hydrogen) atoms. The van der Waals surface area contributed by atoms with E-state index in [-0.39, 0.29) is 5.54 Å². The van der Waals surface area contributed by atoms with E-state index in [4.69, 9.17) is 4.74 Å². The Morgan fingerprint density at radius 3 is 2.95 bits per heavy atom. The van der Waals surface area contributed by atoms with E-state index in [1.807, 2.05) is 6.07 Å². The summed E-state index contributed by atoms with van der Waals surface area (Å²) in [7, 11) is 1.73. The predicted octanol–water partition coefficient (Wildman–Crippen LogP) is 3.05. The lowest BCUT2D eigenvalue weighted by Crippen LogP contribution is -2.49. The summed E-state index contributed by atoms with van der Waals surface area (Å²) in [5.74, 6) is 0.946. The van der Waals surface area contributed by atoms with Crippen LogP contribution >= 0.6 is 0 Å². The molecule has 1 aromatic carbocycles. The average Bonchev–Trinajstić information content (AvgIpc) is 2.59. The molecule has 0 aliphatic carbocycles.